The Bertz CT molecular complexity index is 972. The highest BCUT2D eigenvalue weighted by Crippen LogP contribution is 2.31. The number of carbonyl (C=O) groups is 1. The largest absolute Gasteiger partial charge is 0.476 e. The van der Waals surface area contributed by atoms with Gasteiger partial charge in [-0.1, -0.05) is 13.0 Å². The number of amides is 1. The standard InChI is InChI=1S/C20H21NO5/c1-4-13(3)21-17(22)11-25-20-18(23)14-8-7-12(2)10-16(14)26-19(20)15-6-5-9-24-15/h5-10,13H,4,11H2,1-3H3,(H,21,22)/t13-/m0/s1. The molecule has 0 unspecified atom stereocenters. The van der Waals surface area contributed by atoms with Crippen LogP contribution < -0.4 is 15.5 Å². The van der Waals surface area contributed by atoms with E-state index < -0.39 is 0 Å². The van der Waals surface area contributed by atoms with Gasteiger partial charge in [0.25, 0.3) is 5.91 Å². The van der Waals surface area contributed by atoms with Crippen molar-refractivity contribution >= 4 is 16.9 Å². The Labute approximate surface area is 150 Å². The van der Waals surface area contributed by atoms with Gasteiger partial charge >= 0.3 is 0 Å². The molecule has 6 nitrogen and oxygen atoms in total. The van der Waals surface area contributed by atoms with Gasteiger partial charge in [0.1, 0.15) is 5.58 Å². The fourth-order valence-corrected chi connectivity index (χ4v) is 2.54. The van der Waals surface area contributed by atoms with Gasteiger partial charge in [-0.25, -0.2) is 0 Å². The number of rotatable bonds is 6. The molecule has 1 aromatic carbocycles. The molecule has 1 amide bonds. The molecule has 1 N–H and O–H groups in total. The van der Waals surface area contributed by atoms with Crippen molar-refractivity contribution in [2.24, 2.45) is 0 Å². The van der Waals surface area contributed by atoms with E-state index in [0.717, 1.165) is 12.0 Å². The Morgan fingerprint density at radius 2 is 2.12 bits per heavy atom. The number of hydrogen-bond acceptors (Lipinski definition) is 5. The van der Waals surface area contributed by atoms with Crippen LogP contribution in [0.3, 0.4) is 0 Å². The van der Waals surface area contributed by atoms with Crippen LogP contribution in [-0.2, 0) is 4.79 Å². The van der Waals surface area contributed by atoms with Crippen molar-refractivity contribution in [1.82, 2.24) is 5.32 Å². The lowest BCUT2D eigenvalue weighted by Gasteiger charge is -2.13. The molecular formula is C20H21NO5. The van der Waals surface area contributed by atoms with Gasteiger partial charge in [-0.05, 0) is 50.1 Å². The minimum absolute atomic E-state index is 0.0318. The molecule has 0 spiro atoms. The molecule has 3 aromatic rings. The summed E-state index contributed by atoms with van der Waals surface area (Å²) in [6, 6.07) is 8.69. The molecule has 0 fully saturated rings. The summed E-state index contributed by atoms with van der Waals surface area (Å²) in [5.41, 5.74) is 1.07. The lowest BCUT2D eigenvalue weighted by atomic mass is 10.1. The second-order valence-electron chi connectivity index (χ2n) is 6.23. The number of fused-ring (bicyclic) bond motifs is 1. The molecule has 2 heterocycles. The zero-order valence-corrected chi connectivity index (χ0v) is 15.0. The molecule has 0 aliphatic carbocycles. The maximum Gasteiger partial charge on any atom is 0.258 e. The fourth-order valence-electron chi connectivity index (χ4n) is 2.54. The van der Waals surface area contributed by atoms with E-state index in [1.807, 2.05) is 26.8 Å². The van der Waals surface area contributed by atoms with Gasteiger partial charge in [0.2, 0.25) is 16.9 Å². The van der Waals surface area contributed by atoms with Crippen molar-refractivity contribution in [1.29, 1.82) is 0 Å². The summed E-state index contributed by atoms with van der Waals surface area (Å²) in [6.07, 6.45) is 2.29. The summed E-state index contributed by atoms with van der Waals surface area (Å²) >= 11 is 0. The topological polar surface area (TPSA) is 81.7 Å². The number of carbonyl (C=O) groups excluding carboxylic acids is 1. The minimum Gasteiger partial charge on any atom is -0.476 e. The fraction of sp³-hybridized carbons (Fsp3) is 0.300. The maximum absolute atomic E-state index is 12.9. The Balaban J connectivity index is 2.01. The van der Waals surface area contributed by atoms with E-state index in [1.165, 1.54) is 6.26 Å². The van der Waals surface area contributed by atoms with Crippen molar-refractivity contribution < 1.29 is 18.4 Å². The second-order valence-corrected chi connectivity index (χ2v) is 6.23. The van der Waals surface area contributed by atoms with Crippen LogP contribution in [0.1, 0.15) is 25.8 Å². The lowest BCUT2D eigenvalue weighted by molar-refractivity contribution is -0.123. The van der Waals surface area contributed by atoms with Crippen LogP contribution in [-0.4, -0.2) is 18.6 Å². The van der Waals surface area contributed by atoms with Crippen molar-refractivity contribution in [3.63, 3.8) is 0 Å². The van der Waals surface area contributed by atoms with Gasteiger partial charge in [-0.15, -0.1) is 0 Å². The maximum atomic E-state index is 12.9. The first kappa shape index (κ1) is 17.8. The van der Waals surface area contributed by atoms with Crippen molar-refractivity contribution in [3.05, 3.63) is 52.4 Å². The van der Waals surface area contributed by atoms with E-state index in [-0.39, 0.29) is 35.5 Å². The van der Waals surface area contributed by atoms with Gasteiger partial charge in [-0.3, -0.25) is 9.59 Å². The van der Waals surface area contributed by atoms with Gasteiger partial charge in [0.15, 0.2) is 12.4 Å². The number of furan rings is 1. The molecule has 0 saturated heterocycles. The van der Waals surface area contributed by atoms with E-state index in [2.05, 4.69) is 5.32 Å². The highest BCUT2D eigenvalue weighted by Gasteiger charge is 2.20. The number of hydrogen-bond donors (Lipinski definition) is 1. The first-order valence-electron chi connectivity index (χ1n) is 8.53. The van der Waals surface area contributed by atoms with E-state index in [0.29, 0.717) is 16.7 Å². The van der Waals surface area contributed by atoms with Gasteiger partial charge < -0.3 is 18.9 Å². The van der Waals surface area contributed by atoms with Crippen LogP contribution in [0.25, 0.3) is 22.5 Å². The molecule has 0 aliphatic rings. The highest BCUT2D eigenvalue weighted by molar-refractivity contribution is 5.82. The normalized spacial score (nSPS) is 12.1. The predicted molar refractivity (Wildman–Crippen MR) is 98.3 cm³/mol. The van der Waals surface area contributed by atoms with Crippen LogP contribution in [0.4, 0.5) is 0 Å². The molecular weight excluding hydrogens is 334 g/mol. The van der Waals surface area contributed by atoms with E-state index in [4.69, 9.17) is 13.6 Å². The van der Waals surface area contributed by atoms with Gasteiger partial charge in [0.05, 0.1) is 11.6 Å². The smallest absolute Gasteiger partial charge is 0.258 e. The van der Waals surface area contributed by atoms with Crippen LogP contribution >= 0.6 is 0 Å². The van der Waals surface area contributed by atoms with E-state index in [9.17, 15) is 9.59 Å². The Kier molecular flexibility index (Phi) is 5.11. The summed E-state index contributed by atoms with van der Waals surface area (Å²) in [7, 11) is 0. The molecule has 3 rings (SSSR count). The average Bonchev–Trinajstić information content (AvgIpc) is 3.14. The van der Waals surface area contributed by atoms with Crippen molar-refractivity contribution in [3.8, 4) is 17.3 Å². The van der Waals surface area contributed by atoms with Gasteiger partial charge in [-0.2, -0.15) is 0 Å². The average molecular weight is 355 g/mol. The Hall–Kier alpha value is -3.02. The van der Waals surface area contributed by atoms with Crippen LogP contribution in [0.15, 0.2) is 50.2 Å². The summed E-state index contributed by atoms with van der Waals surface area (Å²) < 4.78 is 16.8. The zero-order chi connectivity index (χ0) is 18.7. The number of nitrogens with one attached hydrogen (secondary N) is 1. The third-order valence-electron chi connectivity index (χ3n) is 4.12. The molecule has 0 saturated carbocycles. The zero-order valence-electron chi connectivity index (χ0n) is 15.0. The predicted octanol–water partition coefficient (Wildman–Crippen LogP) is 3.65. The van der Waals surface area contributed by atoms with E-state index in [1.54, 1.807) is 24.3 Å². The SMILES string of the molecule is CC[C@H](C)NC(=O)COc1c(-c2ccco2)oc2cc(C)ccc2c1=O. The van der Waals surface area contributed by atoms with E-state index >= 15 is 0 Å². The second kappa shape index (κ2) is 7.47. The number of ether oxygens (including phenoxy) is 1. The third kappa shape index (κ3) is 3.64. The molecule has 136 valence electrons. The molecule has 26 heavy (non-hydrogen) atoms. The first-order valence-corrected chi connectivity index (χ1v) is 8.53. The van der Waals surface area contributed by atoms with Crippen LogP contribution in [0, 0.1) is 6.92 Å². The van der Waals surface area contributed by atoms with Crippen LogP contribution in [0.5, 0.6) is 5.75 Å². The van der Waals surface area contributed by atoms with Crippen LogP contribution in [0.2, 0.25) is 0 Å². The number of benzene rings is 1. The first-order chi connectivity index (χ1) is 12.5. The molecule has 0 bridgehead atoms. The summed E-state index contributed by atoms with van der Waals surface area (Å²) in [5.74, 6) is 0.209. The number of aryl methyl sites for hydroxylation is 1. The summed E-state index contributed by atoms with van der Waals surface area (Å²) in [6.45, 7) is 5.51. The third-order valence-corrected chi connectivity index (χ3v) is 4.12. The van der Waals surface area contributed by atoms with Crippen molar-refractivity contribution in [2.75, 3.05) is 6.61 Å². The van der Waals surface area contributed by atoms with Gasteiger partial charge in [0, 0.05) is 6.04 Å². The highest BCUT2D eigenvalue weighted by atomic mass is 16.5. The quantitative estimate of drug-likeness (QED) is 0.730. The Morgan fingerprint density at radius 1 is 1.31 bits per heavy atom. The minimum atomic E-state index is -0.339. The lowest BCUT2D eigenvalue weighted by Crippen LogP contribution is -2.36. The molecule has 2 aromatic heterocycles. The summed E-state index contributed by atoms with van der Waals surface area (Å²) in [4.78, 5) is 24.9. The van der Waals surface area contributed by atoms with Crippen molar-refractivity contribution in [2.45, 2.75) is 33.2 Å². The summed E-state index contributed by atoms with van der Waals surface area (Å²) in [5, 5.41) is 3.19. The Morgan fingerprint density at radius 3 is 2.81 bits per heavy atom. The monoisotopic (exact) mass is 355 g/mol. The molecule has 6 heteroatoms. The molecule has 1 atom stereocenters. The molecule has 0 radical (unpaired) electrons. The molecule has 0 aliphatic heterocycles.